The second kappa shape index (κ2) is 2.78. The minimum atomic E-state index is 0.655. The van der Waals surface area contributed by atoms with Crippen LogP contribution in [0.1, 0.15) is 6.92 Å². The van der Waals surface area contributed by atoms with Crippen LogP contribution >= 0.6 is 0 Å². The average Bonchev–Trinajstić information content (AvgIpc) is 2.18. The van der Waals surface area contributed by atoms with Crippen molar-refractivity contribution in [2.24, 2.45) is 4.99 Å². The molecule has 0 N–H and O–H groups in total. The lowest BCUT2D eigenvalue weighted by molar-refractivity contribution is 0.245. The van der Waals surface area contributed by atoms with Gasteiger partial charge in [-0.25, -0.2) is 0 Å². The molecular formula is C7H11NO. The van der Waals surface area contributed by atoms with Crippen LogP contribution in [0.25, 0.3) is 0 Å². The fourth-order valence-electron chi connectivity index (χ4n) is 0.831. The van der Waals surface area contributed by atoms with Crippen molar-refractivity contribution in [1.29, 1.82) is 0 Å². The zero-order valence-corrected chi connectivity index (χ0v) is 5.85. The van der Waals surface area contributed by atoms with E-state index in [2.05, 4.69) is 18.0 Å². The Morgan fingerprint density at radius 2 is 2.56 bits per heavy atom. The second-order valence-corrected chi connectivity index (χ2v) is 2.11. The predicted molar refractivity (Wildman–Crippen MR) is 37.9 cm³/mol. The molecular weight excluding hydrogens is 114 g/mol. The maximum Gasteiger partial charge on any atom is 0.0882 e. The molecule has 0 spiro atoms. The first-order valence-electron chi connectivity index (χ1n) is 3.04. The number of hydrogen-bond acceptors (Lipinski definition) is 2. The lowest BCUT2D eigenvalue weighted by Crippen LogP contribution is -2.05. The van der Waals surface area contributed by atoms with Crippen LogP contribution in [-0.2, 0) is 4.74 Å². The Hall–Kier alpha value is -0.630. The summed E-state index contributed by atoms with van der Waals surface area (Å²) in [5.74, 6) is 0. The molecule has 50 valence electrons. The third kappa shape index (κ3) is 1.39. The number of methoxy groups -OCH3 is 1. The van der Waals surface area contributed by atoms with Crippen LogP contribution < -0.4 is 0 Å². The van der Waals surface area contributed by atoms with Crippen LogP contribution in [0, 0.1) is 0 Å². The van der Waals surface area contributed by atoms with Gasteiger partial charge in [-0.1, -0.05) is 6.08 Å². The van der Waals surface area contributed by atoms with Gasteiger partial charge in [0.25, 0.3) is 0 Å². The molecule has 0 fully saturated rings. The highest BCUT2D eigenvalue weighted by molar-refractivity contribution is 6.02. The SMILES string of the molecule is COCC1=NCC=C1C. The van der Waals surface area contributed by atoms with Crippen molar-refractivity contribution in [2.45, 2.75) is 6.92 Å². The van der Waals surface area contributed by atoms with E-state index in [0.29, 0.717) is 6.61 Å². The Bertz CT molecular complexity index is 158. The molecule has 9 heavy (non-hydrogen) atoms. The van der Waals surface area contributed by atoms with Crippen molar-refractivity contribution in [1.82, 2.24) is 0 Å². The van der Waals surface area contributed by atoms with Gasteiger partial charge in [0.15, 0.2) is 0 Å². The summed E-state index contributed by atoms with van der Waals surface area (Å²) in [4.78, 5) is 4.21. The molecule has 0 unspecified atom stereocenters. The largest absolute Gasteiger partial charge is 0.378 e. The molecule has 0 amide bonds. The van der Waals surface area contributed by atoms with Gasteiger partial charge in [-0.2, -0.15) is 0 Å². The molecule has 0 aromatic rings. The minimum absolute atomic E-state index is 0.655. The summed E-state index contributed by atoms with van der Waals surface area (Å²) in [6.45, 7) is 3.55. The Morgan fingerprint density at radius 3 is 3.00 bits per heavy atom. The third-order valence-corrected chi connectivity index (χ3v) is 1.42. The predicted octanol–water partition coefficient (Wildman–Crippen LogP) is 1.03. The molecule has 1 aliphatic heterocycles. The van der Waals surface area contributed by atoms with E-state index in [1.54, 1.807) is 7.11 Å². The average molecular weight is 125 g/mol. The highest BCUT2D eigenvalue weighted by atomic mass is 16.5. The highest BCUT2D eigenvalue weighted by Crippen LogP contribution is 2.04. The smallest absolute Gasteiger partial charge is 0.0882 e. The summed E-state index contributed by atoms with van der Waals surface area (Å²) in [6.07, 6.45) is 2.11. The molecule has 0 atom stereocenters. The van der Waals surface area contributed by atoms with E-state index in [1.807, 2.05) is 0 Å². The number of aliphatic imine (C=N–C) groups is 1. The molecule has 0 saturated carbocycles. The minimum Gasteiger partial charge on any atom is -0.378 e. The normalized spacial score (nSPS) is 17.6. The van der Waals surface area contributed by atoms with Crippen LogP contribution in [0.3, 0.4) is 0 Å². The van der Waals surface area contributed by atoms with Gasteiger partial charge in [0.1, 0.15) is 0 Å². The van der Waals surface area contributed by atoms with Gasteiger partial charge in [0.05, 0.1) is 18.9 Å². The maximum absolute atomic E-state index is 4.92. The second-order valence-electron chi connectivity index (χ2n) is 2.11. The Labute approximate surface area is 55.2 Å². The first-order chi connectivity index (χ1) is 4.34. The van der Waals surface area contributed by atoms with E-state index >= 15 is 0 Å². The monoisotopic (exact) mass is 125 g/mol. The summed E-state index contributed by atoms with van der Waals surface area (Å²) in [6, 6.07) is 0. The van der Waals surface area contributed by atoms with Gasteiger partial charge < -0.3 is 4.74 Å². The molecule has 0 saturated heterocycles. The maximum atomic E-state index is 4.92. The van der Waals surface area contributed by atoms with Crippen LogP contribution in [0.4, 0.5) is 0 Å². The fourth-order valence-corrected chi connectivity index (χ4v) is 0.831. The lowest BCUT2D eigenvalue weighted by Gasteiger charge is -1.97. The van der Waals surface area contributed by atoms with E-state index in [4.69, 9.17) is 4.74 Å². The quantitative estimate of drug-likeness (QED) is 0.540. The fraction of sp³-hybridized carbons (Fsp3) is 0.571. The third-order valence-electron chi connectivity index (χ3n) is 1.42. The summed E-state index contributed by atoms with van der Waals surface area (Å²) >= 11 is 0. The Balaban J connectivity index is 2.50. The van der Waals surface area contributed by atoms with Gasteiger partial charge in [-0.3, -0.25) is 4.99 Å². The summed E-state index contributed by atoms with van der Waals surface area (Å²) in [7, 11) is 1.69. The van der Waals surface area contributed by atoms with Crippen molar-refractivity contribution in [2.75, 3.05) is 20.3 Å². The zero-order valence-electron chi connectivity index (χ0n) is 5.85. The van der Waals surface area contributed by atoms with Gasteiger partial charge in [0.2, 0.25) is 0 Å². The number of rotatable bonds is 2. The van der Waals surface area contributed by atoms with E-state index in [1.165, 1.54) is 5.57 Å². The van der Waals surface area contributed by atoms with E-state index < -0.39 is 0 Å². The molecule has 1 rings (SSSR count). The number of ether oxygens (including phenoxy) is 1. The van der Waals surface area contributed by atoms with Gasteiger partial charge in [0, 0.05) is 7.11 Å². The van der Waals surface area contributed by atoms with Gasteiger partial charge in [-0.05, 0) is 12.5 Å². The topological polar surface area (TPSA) is 21.6 Å². The van der Waals surface area contributed by atoms with Crippen molar-refractivity contribution in [3.05, 3.63) is 11.6 Å². The van der Waals surface area contributed by atoms with Crippen molar-refractivity contribution in [3.63, 3.8) is 0 Å². The molecule has 0 aliphatic carbocycles. The Morgan fingerprint density at radius 1 is 1.78 bits per heavy atom. The molecule has 2 heteroatoms. The van der Waals surface area contributed by atoms with Crippen LogP contribution in [-0.4, -0.2) is 26.0 Å². The zero-order chi connectivity index (χ0) is 6.69. The standard InChI is InChI=1S/C7H11NO/c1-6-3-4-8-7(6)5-9-2/h3H,4-5H2,1-2H3. The molecule has 0 bridgehead atoms. The van der Waals surface area contributed by atoms with E-state index in [9.17, 15) is 0 Å². The molecule has 2 nitrogen and oxygen atoms in total. The molecule has 1 aliphatic rings. The summed E-state index contributed by atoms with van der Waals surface area (Å²) in [5.41, 5.74) is 2.36. The first kappa shape index (κ1) is 6.49. The molecule has 1 heterocycles. The summed E-state index contributed by atoms with van der Waals surface area (Å²) in [5, 5.41) is 0. The number of hydrogen-bond donors (Lipinski definition) is 0. The molecule has 0 aromatic carbocycles. The van der Waals surface area contributed by atoms with Gasteiger partial charge >= 0.3 is 0 Å². The summed E-state index contributed by atoms with van der Waals surface area (Å²) < 4.78 is 4.92. The molecule has 0 radical (unpaired) electrons. The number of nitrogens with zero attached hydrogens (tertiary/aromatic N) is 1. The van der Waals surface area contributed by atoms with Gasteiger partial charge in [-0.15, -0.1) is 0 Å². The Kier molecular flexibility index (Phi) is 2.01. The molecule has 0 aromatic heterocycles. The van der Waals surface area contributed by atoms with E-state index in [0.717, 1.165) is 12.3 Å². The van der Waals surface area contributed by atoms with Crippen LogP contribution in [0.15, 0.2) is 16.6 Å². The highest BCUT2D eigenvalue weighted by Gasteiger charge is 2.04. The van der Waals surface area contributed by atoms with Crippen molar-refractivity contribution >= 4 is 5.71 Å². The van der Waals surface area contributed by atoms with E-state index in [-0.39, 0.29) is 0 Å². The van der Waals surface area contributed by atoms with Crippen LogP contribution in [0.2, 0.25) is 0 Å². The van der Waals surface area contributed by atoms with Crippen molar-refractivity contribution in [3.8, 4) is 0 Å². The first-order valence-corrected chi connectivity index (χ1v) is 3.04. The van der Waals surface area contributed by atoms with Crippen molar-refractivity contribution < 1.29 is 4.74 Å². The van der Waals surface area contributed by atoms with Crippen LogP contribution in [0.5, 0.6) is 0 Å². The lowest BCUT2D eigenvalue weighted by atomic mass is 10.2.